The van der Waals surface area contributed by atoms with Gasteiger partial charge in [-0.3, -0.25) is 10.1 Å². The number of nitrogens with one attached hydrogen (secondary N) is 1. The third kappa shape index (κ3) is 3.35. The zero-order valence-electron chi connectivity index (χ0n) is 9.33. The van der Waals surface area contributed by atoms with Gasteiger partial charge in [0.25, 0.3) is 0 Å². The fourth-order valence-corrected chi connectivity index (χ4v) is 1.71. The molecule has 2 heterocycles. The molecule has 7 heteroatoms. The highest BCUT2D eigenvalue weighted by molar-refractivity contribution is 5.30. The van der Waals surface area contributed by atoms with Crippen molar-refractivity contribution in [1.82, 2.24) is 9.97 Å². The molecule has 1 aliphatic rings. The van der Waals surface area contributed by atoms with Gasteiger partial charge >= 0.3 is 5.69 Å². The minimum Gasteiger partial charge on any atom is -0.381 e. The Morgan fingerprint density at radius 3 is 2.88 bits per heavy atom. The van der Waals surface area contributed by atoms with Crippen LogP contribution in [0.3, 0.4) is 0 Å². The highest BCUT2D eigenvalue weighted by atomic mass is 16.6. The topological polar surface area (TPSA) is 90.2 Å². The van der Waals surface area contributed by atoms with Crippen molar-refractivity contribution < 1.29 is 9.66 Å². The first-order valence-electron chi connectivity index (χ1n) is 5.54. The van der Waals surface area contributed by atoms with E-state index < -0.39 is 4.92 Å². The molecule has 1 aromatic heterocycles. The molecule has 7 nitrogen and oxygen atoms in total. The number of ether oxygens (including phenoxy) is 1. The van der Waals surface area contributed by atoms with Crippen LogP contribution in [0.1, 0.15) is 12.8 Å². The molecule has 0 saturated carbocycles. The maximum Gasteiger partial charge on any atom is 0.305 e. The second-order valence-electron chi connectivity index (χ2n) is 3.99. The van der Waals surface area contributed by atoms with Gasteiger partial charge in [0, 0.05) is 13.2 Å². The van der Waals surface area contributed by atoms with Gasteiger partial charge in [0.15, 0.2) is 0 Å². The summed E-state index contributed by atoms with van der Waals surface area (Å²) in [4.78, 5) is 17.7. The monoisotopic (exact) mass is 238 g/mol. The molecule has 1 aliphatic heterocycles. The van der Waals surface area contributed by atoms with Crippen LogP contribution < -0.4 is 5.32 Å². The van der Waals surface area contributed by atoms with Crippen LogP contribution in [0.15, 0.2) is 12.4 Å². The van der Waals surface area contributed by atoms with E-state index in [1.807, 2.05) is 0 Å². The summed E-state index contributed by atoms with van der Waals surface area (Å²) >= 11 is 0. The van der Waals surface area contributed by atoms with Gasteiger partial charge in [-0.15, -0.1) is 0 Å². The van der Waals surface area contributed by atoms with E-state index >= 15 is 0 Å². The Balaban J connectivity index is 1.84. The first-order chi connectivity index (χ1) is 8.25. The Labute approximate surface area is 98.4 Å². The summed E-state index contributed by atoms with van der Waals surface area (Å²) in [6.07, 6.45) is 4.60. The Morgan fingerprint density at radius 2 is 2.29 bits per heavy atom. The van der Waals surface area contributed by atoms with E-state index in [4.69, 9.17) is 4.74 Å². The summed E-state index contributed by atoms with van der Waals surface area (Å²) < 4.78 is 5.35. The summed E-state index contributed by atoms with van der Waals surface area (Å²) in [6.45, 7) is 2.32. The Morgan fingerprint density at radius 1 is 1.53 bits per heavy atom. The highest BCUT2D eigenvalue weighted by Crippen LogP contribution is 2.14. The van der Waals surface area contributed by atoms with Crippen molar-refractivity contribution in [3.63, 3.8) is 0 Å². The molecule has 0 aromatic carbocycles. The zero-order valence-corrected chi connectivity index (χ0v) is 9.33. The molecule has 1 unspecified atom stereocenters. The highest BCUT2D eigenvalue weighted by Gasteiger charge is 2.14. The molecule has 1 saturated heterocycles. The summed E-state index contributed by atoms with van der Waals surface area (Å²) in [7, 11) is 0. The molecule has 0 bridgehead atoms. The maximum atomic E-state index is 10.4. The van der Waals surface area contributed by atoms with E-state index in [1.54, 1.807) is 0 Å². The molecule has 1 aromatic rings. The van der Waals surface area contributed by atoms with Crippen LogP contribution in [0.4, 0.5) is 11.6 Å². The van der Waals surface area contributed by atoms with Gasteiger partial charge in [-0.25, -0.2) is 9.97 Å². The fraction of sp³-hybridized carbons (Fsp3) is 0.600. The molecule has 1 atom stereocenters. The summed E-state index contributed by atoms with van der Waals surface area (Å²) in [6, 6.07) is 0. The Hall–Kier alpha value is -1.76. The van der Waals surface area contributed by atoms with Gasteiger partial charge in [0.2, 0.25) is 5.95 Å². The van der Waals surface area contributed by atoms with Crippen molar-refractivity contribution in [3.05, 3.63) is 22.5 Å². The lowest BCUT2D eigenvalue weighted by Crippen LogP contribution is -2.24. The van der Waals surface area contributed by atoms with Crippen molar-refractivity contribution in [3.8, 4) is 0 Å². The maximum absolute atomic E-state index is 10.4. The Bertz CT molecular complexity index is 376. The van der Waals surface area contributed by atoms with Crippen LogP contribution in [0.2, 0.25) is 0 Å². The number of anilines is 1. The smallest absolute Gasteiger partial charge is 0.305 e. The molecule has 0 spiro atoms. The SMILES string of the molecule is O=[N+]([O-])c1cnc(NCC2CCCOC2)nc1. The summed E-state index contributed by atoms with van der Waals surface area (Å²) in [5.41, 5.74) is -0.100. The van der Waals surface area contributed by atoms with Crippen LogP contribution >= 0.6 is 0 Å². The lowest BCUT2D eigenvalue weighted by atomic mass is 10.0. The van der Waals surface area contributed by atoms with Crippen LogP contribution in [-0.4, -0.2) is 34.6 Å². The van der Waals surface area contributed by atoms with Crippen LogP contribution in [0, 0.1) is 16.0 Å². The molecule has 2 rings (SSSR count). The predicted molar refractivity (Wildman–Crippen MR) is 60.7 cm³/mol. The molecule has 1 fully saturated rings. The van der Waals surface area contributed by atoms with Crippen LogP contribution in [-0.2, 0) is 4.74 Å². The largest absolute Gasteiger partial charge is 0.381 e. The van der Waals surface area contributed by atoms with Gasteiger partial charge in [-0.05, 0) is 18.8 Å². The van der Waals surface area contributed by atoms with Gasteiger partial charge in [-0.2, -0.15) is 0 Å². The summed E-state index contributed by atoms with van der Waals surface area (Å²) in [5, 5.41) is 13.5. The molecule has 1 N–H and O–H groups in total. The lowest BCUT2D eigenvalue weighted by Gasteiger charge is -2.21. The second-order valence-corrected chi connectivity index (χ2v) is 3.99. The molecule has 17 heavy (non-hydrogen) atoms. The van der Waals surface area contributed by atoms with Crippen molar-refractivity contribution in [2.24, 2.45) is 5.92 Å². The average Bonchev–Trinajstić information content (AvgIpc) is 2.38. The van der Waals surface area contributed by atoms with Gasteiger partial charge in [0.1, 0.15) is 12.4 Å². The molecule has 92 valence electrons. The number of nitro groups is 1. The normalized spacial score (nSPS) is 19.9. The number of hydrogen-bond donors (Lipinski definition) is 1. The Kier molecular flexibility index (Phi) is 3.81. The number of aromatic nitrogens is 2. The van der Waals surface area contributed by atoms with E-state index in [1.165, 1.54) is 12.4 Å². The predicted octanol–water partition coefficient (Wildman–Crippen LogP) is 1.22. The third-order valence-corrected chi connectivity index (χ3v) is 2.65. The lowest BCUT2D eigenvalue weighted by molar-refractivity contribution is -0.385. The second kappa shape index (κ2) is 5.53. The van der Waals surface area contributed by atoms with Crippen molar-refractivity contribution in [1.29, 1.82) is 0 Å². The molecule has 0 radical (unpaired) electrons. The first-order valence-corrected chi connectivity index (χ1v) is 5.54. The fourth-order valence-electron chi connectivity index (χ4n) is 1.71. The van der Waals surface area contributed by atoms with Gasteiger partial charge in [0.05, 0.1) is 11.5 Å². The van der Waals surface area contributed by atoms with Crippen molar-refractivity contribution in [2.45, 2.75) is 12.8 Å². The quantitative estimate of drug-likeness (QED) is 0.626. The van der Waals surface area contributed by atoms with Gasteiger partial charge < -0.3 is 10.1 Å². The van der Waals surface area contributed by atoms with E-state index in [-0.39, 0.29) is 5.69 Å². The number of hydrogen-bond acceptors (Lipinski definition) is 6. The molecule has 0 amide bonds. The van der Waals surface area contributed by atoms with Crippen molar-refractivity contribution >= 4 is 11.6 Å². The zero-order chi connectivity index (χ0) is 12.1. The standard InChI is InChI=1S/C10H14N4O3/c15-14(16)9-5-12-10(13-6-9)11-4-8-2-1-3-17-7-8/h5-6,8H,1-4,7H2,(H,11,12,13). The number of nitrogens with zero attached hydrogens (tertiary/aromatic N) is 3. The minimum atomic E-state index is -0.515. The van der Waals surface area contributed by atoms with Crippen LogP contribution in [0.5, 0.6) is 0 Å². The molecular formula is C10H14N4O3. The molecular weight excluding hydrogens is 224 g/mol. The minimum absolute atomic E-state index is 0.100. The number of rotatable bonds is 4. The first kappa shape index (κ1) is 11.7. The van der Waals surface area contributed by atoms with E-state index in [9.17, 15) is 10.1 Å². The van der Waals surface area contributed by atoms with E-state index in [0.29, 0.717) is 11.9 Å². The molecule has 0 aliphatic carbocycles. The van der Waals surface area contributed by atoms with Gasteiger partial charge in [-0.1, -0.05) is 0 Å². The van der Waals surface area contributed by atoms with E-state index in [0.717, 1.165) is 32.6 Å². The van der Waals surface area contributed by atoms with Crippen LogP contribution in [0.25, 0.3) is 0 Å². The average molecular weight is 238 g/mol. The van der Waals surface area contributed by atoms with E-state index in [2.05, 4.69) is 15.3 Å². The summed E-state index contributed by atoms with van der Waals surface area (Å²) in [5.74, 6) is 0.878. The third-order valence-electron chi connectivity index (χ3n) is 2.65. The van der Waals surface area contributed by atoms with Crippen molar-refractivity contribution in [2.75, 3.05) is 25.1 Å².